The third-order valence-electron chi connectivity index (χ3n) is 3.31. The molecule has 1 unspecified atom stereocenters. The number of nitrogens with two attached hydrogens (primary N) is 1. The van der Waals surface area contributed by atoms with Crippen LogP contribution in [0.2, 0.25) is 0 Å². The van der Waals surface area contributed by atoms with E-state index >= 15 is 0 Å². The summed E-state index contributed by atoms with van der Waals surface area (Å²) in [5.74, 6) is -0.720. The zero-order valence-corrected chi connectivity index (χ0v) is 14.4. The van der Waals surface area contributed by atoms with Gasteiger partial charge >= 0.3 is 0 Å². The summed E-state index contributed by atoms with van der Waals surface area (Å²) in [5.41, 5.74) is 6.70. The van der Waals surface area contributed by atoms with Crippen molar-refractivity contribution in [2.45, 2.75) is 26.3 Å². The molecule has 1 aromatic rings. The minimum atomic E-state index is -0.697. The van der Waals surface area contributed by atoms with Crippen LogP contribution in [0.25, 0.3) is 0 Å². The fourth-order valence-corrected chi connectivity index (χ4v) is 2.09. The molecule has 0 saturated carbocycles. The molecule has 4 N–H and O–H groups in total. The molecule has 8 heteroatoms. The summed E-state index contributed by atoms with van der Waals surface area (Å²) in [6, 6.07) is 5.83. The lowest BCUT2D eigenvalue weighted by atomic mass is 10.0. The van der Waals surface area contributed by atoms with Gasteiger partial charge < -0.3 is 16.4 Å². The number of carbonyl (C=O) groups excluding carboxylic acids is 2. The first-order valence-corrected chi connectivity index (χ1v) is 7.84. The van der Waals surface area contributed by atoms with Crippen LogP contribution in [0.1, 0.15) is 31.9 Å². The lowest BCUT2D eigenvalue weighted by Gasteiger charge is -2.19. The maximum atomic E-state index is 12.2. The van der Waals surface area contributed by atoms with Crippen molar-refractivity contribution in [1.82, 2.24) is 10.6 Å². The molecule has 25 heavy (non-hydrogen) atoms. The molecule has 0 aliphatic heterocycles. The summed E-state index contributed by atoms with van der Waals surface area (Å²) in [4.78, 5) is 39.0. The highest BCUT2D eigenvalue weighted by Crippen LogP contribution is 2.27. The van der Waals surface area contributed by atoms with Gasteiger partial charge in [-0.2, -0.15) is 0 Å². The van der Waals surface area contributed by atoms with Crippen molar-refractivity contribution in [1.29, 1.82) is 0 Å². The van der Waals surface area contributed by atoms with Gasteiger partial charge in [-0.1, -0.05) is 24.3 Å². The summed E-state index contributed by atoms with van der Waals surface area (Å²) >= 11 is 0. The average Bonchev–Trinajstić information content (AvgIpc) is 2.63. The maximum Gasteiger partial charge on any atom is 0.234 e. The fraction of sp³-hybridized carbons (Fsp3) is 0.353. The molecule has 8 nitrogen and oxygen atoms in total. The summed E-state index contributed by atoms with van der Waals surface area (Å²) in [6.45, 7) is 3.70. The molecule has 2 amide bonds. The van der Waals surface area contributed by atoms with E-state index in [0.717, 1.165) is 5.71 Å². The predicted molar refractivity (Wildman–Crippen MR) is 97.4 cm³/mol. The first kappa shape index (κ1) is 20.2. The standard InChI is InChI=1S/C17H23N5O3/c1-3-8-19-12(2)11-20-16(23)9-15(21-17(24)10-18)13-6-4-5-7-14(13)22-25/h3-8,15H,9-11,18H2,1-2H3,(H,20,23)(H,21,24)/b8-3-,19-12+. The van der Waals surface area contributed by atoms with Crippen LogP contribution < -0.4 is 16.4 Å². The number of nitrogens with zero attached hydrogens (tertiary/aromatic N) is 2. The van der Waals surface area contributed by atoms with Crippen molar-refractivity contribution in [2.24, 2.45) is 15.9 Å². The first-order chi connectivity index (χ1) is 12.0. The summed E-state index contributed by atoms with van der Waals surface area (Å²) < 4.78 is 0. The molecule has 0 radical (unpaired) electrons. The molecule has 0 heterocycles. The summed E-state index contributed by atoms with van der Waals surface area (Å²) in [6.07, 6.45) is 3.37. The van der Waals surface area contributed by atoms with E-state index in [4.69, 9.17) is 5.73 Å². The summed E-state index contributed by atoms with van der Waals surface area (Å²) in [7, 11) is 0. The maximum absolute atomic E-state index is 12.2. The molecule has 1 aromatic carbocycles. The van der Waals surface area contributed by atoms with Crippen molar-refractivity contribution in [2.75, 3.05) is 13.1 Å². The van der Waals surface area contributed by atoms with E-state index in [1.54, 1.807) is 37.4 Å². The van der Waals surface area contributed by atoms with E-state index in [-0.39, 0.29) is 31.1 Å². The Morgan fingerprint density at radius 2 is 2.00 bits per heavy atom. The second kappa shape index (κ2) is 10.8. The van der Waals surface area contributed by atoms with E-state index in [2.05, 4.69) is 20.8 Å². The van der Waals surface area contributed by atoms with Crippen molar-refractivity contribution < 1.29 is 9.59 Å². The van der Waals surface area contributed by atoms with Crippen LogP contribution in [0.5, 0.6) is 0 Å². The van der Waals surface area contributed by atoms with Crippen molar-refractivity contribution in [3.63, 3.8) is 0 Å². The number of carbonyl (C=O) groups is 2. The Kier molecular flexibility index (Phi) is 8.73. The van der Waals surface area contributed by atoms with Gasteiger partial charge in [-0.05, 0) is 25.1 Å². The highest BCUT2D eigenvalue weighted by molar-refractivity contribution is 5.89. The molecular weight excluding hydrogens is 322 g/mol. The molecule has 0 saturated heterocycles. The van der Waals surface area contributed by atoms with Gasteiger partial charge in [0.05, 0.1) is 25.6 Å². The third kappa shape index (κ3) is 7.05. The van der Waals surface area contributed by atoms with Gasteiger partial charge in [-0.25, -0.2) is 0 Å². The number of hydrogen-bond donors (Lipinski definition) is 3. The molecule has 0 aromatic heterocycles. The number of nitrogens with one attached hydrogen (secondary N) is 2. The van der Waals surface area contributed by atoms with Crippen molar-refractivity contribution in [3.8, 4) is 0 Å². The molecule has 134 valence electrons. The van der Waals surface area contributed by atoms with Crippen LogP contribution >= 0.6 is 0 Å². The lowest BCUT2D eigenvalue weighted by Crippen LogP contribution is -2.37. The second-order valence-corrected chi connectivity index (χ2v) is 5.30. The van der Waals surface area contributed by atoms with Crippen LogP contribution in [-0.4, -0.2) is 30.6 Å². The monoisotopic (exact) mass is 345 g/mol. The van der Waals surface area contributed by atoms with Gasteiger partial charge in [0.25, 0.3) is 0 Å². The second-order valence-electron chi connectivity index (χ2n) is 5.30. The highest BCUT2D eigenvalue weighted by Gasteiger charge is 2.21. The number of amides is 2. The van der Waals surface area contributed by atoms with Gasteiger partial charge in [-0.3, -0.25) is 14.6 Å². The largest absolute Gasteiger partial charge is 0.351 e. The number of allylic oxidation sites excluding steroid dienone is 1. The number of aliphatic imine (C=N–C) groups is 1. The Labute approximate surface area is 146 Å². The molecule has 0 spiro atoms. The van der Waals surface area contributed by atoms with Crippen LogP contribution in [0, 0.1) is 4.91 Å². The smallest absolute Gasteiger partial charge is 0.234 e. The first-order valence-electron chi connectivity index (χ1n) is 7.84. The Morgan fingerprint density at radius 1 is 1.28 bits per heavy atom. The van der Waals surface area contributed by atoms with Gasteiger partial charge in [-0.15, -0.1) is 4.91 Å². The number of nitroso groups, excluding NO2 is 1. The number of hydrogen-bond acceptors (Lipinski definition) is 6. The van der Waals surface area contributed by atoms with E-state index in [1.165, 1.54) is 6.07 Å². The van der Waals surface area contributed by atoms with Gasteiger partial charge in [0.2, 0.25) is 11.8 Å². The Bertz CT molecular complexity index is 670. The normalized spacial score (nSPS) is 12.7. The Hall–Kier alpha value is -2.87. The van der Waals surface area contributed by atoms with E-state index in [1.807, 2.05) is 6.92 Å². The van der Waals surface area contributed by atoms with Gasteiger partial charge in [0.1, 0.15) is 5.69 Å². The number of benzene rings is 1. The topological polar surface area (TPSA) is 126 Å². The number of rotatable bonds is 9. The minimum absolute atomic E-state index is 0.0465. The quantitative estimate of drug-likeness (QED) is 0.465. The SMILES string of the molecule is C/C=C\N=C(/C)CNC(=O)CC(NC(=O)CN)c1ccccc1N=O. The zero-order chi connectivity index (χ0) is 18.7. The van der Waals surface area contributed by atoms with Crippen molar-refractivity contribution >= 4 is 23.2 Å². The Morgan fingerprint density at radius 3 is 2.64 bits per heavy atom. The van der Waals surface area contributed by atoms with Crippen molar-refractivity contribution in [3.05, 3.63) is 47.0 Å². The van der Waals surface area contributed by atoms with Crippen LogP contribution in [0.4, 0.5) is 5.69 Å². The molecular formula is C17H23N5O3. The van der Waals surface area contributed by atoms with Crippen LogP contribution in [0.15, 0.2) is 46.7 Å². The summed E-state index contributed by atoms with van der Waals surface area (Å²) in [5, 5.41) is 8.32. The van der Waals surface area contributed by atoms with Gasteiger partial charge in [0, 0.05) is 17.5 Å². The molecule has 0 bridgehead atoms. The van der Waals surface area contributed by atoms with Crippen LogP contribution in [-0.2, 0) is 9.59 Å². The average molecular weight is 345 g/mol. The van der Waals surface area contributed by atoms with E-state index < -0.39 is 11.9 Å². The highest BCUT2D eigenvalue weighted by atomic mass is 16.3. The lowest BCUT2D eigenvalue weighted by molar-refractivity contribution is -0.122. The molecule has 1 rings (SSSR count). The minimum Gasteiger partial charge on any atom is -0.351 e. The molecule has 0 aliphatic carbocycles. The third-order valence-corrected chi connectivity index (χ3v) is 3.31. The van der Waals surface area contributed by atoms with Gasteiger partial charge in [0.15, 0.2) is 0 Å². The van der Waals surface area contributed by atoms with E-state index in [9.17, 15) is 14.5 Å². The molecule has 1 atom stereocenters. The molecule has 0 aliphatic rings. The van der Waals surface area contributed by atoms with Crippen LogP contribution in [0.3, 0.4) is 0 Å². The predicted octanol–water partition coefficient (Wildman–Crippen LogP) is 1.70. The molecule has 0 fully saturated rings. The fourth-order valence-electron chi connectivity index (χ4n) is 2.09. The van der Waals surface area contributed by atoms with E-state index in [0.29, 0.717) is 5.56 Å². The Balaban J connectivity index is 2.85. The zero-order valence-electron chi connectivity index (χ0n) is 14.4.